The number of carboxylic acids is 2. The van der Waals surface area contributed by atoms with Crippen LogP contribution in [0.15, 0.2) is 146 Å². The highest BCUT2D eigenvalue weighted by Gasteiger charge is 2.36. The maximum Gasteiger partial charge on any atom is 0.303 e. The summed E-state index contributed by atoms with van der Waals surface area (Å²) in [5, 5.41) is 39.4. The van der Waals surface area contributed by atoms with Gasteiger partial charge in [0.15, 0.2) is 12.6 Å². The van der Waals surface area contributed by atoms with E-state index in [0.717, 1.165) is 23.0 Å². The summed E-state index contributed by atoms with van der Waals surface area (Å²) < 4.78 is 24.4. The first kappa shape index (κ1) is 50.5. The normalized spacial score (nSPS) is 19.4. The van der Waals surface area contributed by atoms with Crippen LogP contribution >= 0.6 is 34.8 Å². The Bertz CT molecular complexity index is 2340. The van der Waals surface area contributed by atoms with Gasteiger partial charge in [0, 0.05) is 64.1 Å². The van der Waals surface area contributed by atoms with Crippen LogP contribution in [-0.4, -0.2) is 51.9 Å². The van der Waals surface area contributed by atoms with Crippen LogP contribution in [0.4, 0.5) is 0 Å². The average Bonchev–Trinajstić information content (AvgIpc) is 3.31. The molecule has 342 valence electrons. The molecule has 0 aliphatic carbocycles. The first-order valence-corrected chi connectivity index (χ1v) is 22.1. The highest BCUT2D eigenvalue weighted by Crippen LogP contribution is 2.46. The molecule has 0 saturated carbocycles. The van der Waals surface area contributed by atoms with E-state index < -0.39 is 24.5 Å². The quantitative estimate of drug-likeness (QED) is 0.0548. The van der Waals surface area contributed by atoms with Crippen molar-refractivity contribution in [2.75, 3.05) is 13.2 Å². The van der Waals surface area contributed by atoms with Crippen LogP contribution in [-0.2, 0) is 23.8 Å². The molecular formula is C51H51Cl3O11. The standard InChI is InChI=1S/2C22H23ClO5.C7H5ClO/c23-18-11-6-4-9-16(18)22-27-14-15(8-2-1-3-13-20(25)26)21(28-22)17-10-5-7-12-19(17)24;23-18-11-6-4-9-16(18)22-27-19-12-7-5-10-17(19)21(28-22)15(14-24)8-2-1-3-13-20(25)26;8-7-4-2-1-3-6(7)5-9/h2*1-2,4-7,9-12,15,21-22,24H,3,8,13-14H2,(H,25,26);1-5H/b2*2-1-;/t15-,21+,22+;15-,21?,22?;/m11./s1. The van der Waals surface area contributed by atoms with Crippen molar-refractivity contribution in [3.8, 4) is 11.5 Å². The molecule has 0 spiro atoms. The Labute approximate surface area is 393 Å². The third kappa shape index (κ3) is 15.3. The fourth-order valence-corrected chi connectivity index (χ4v) is 7.68. The van der Waals surface area contributed by atoms with E-state index in [-0.39, 0.29) is 49.2 Å². The second kappa shape index (κ2) is 26.5. The number of allylic oxidation sites excluding steroid dienone is 4. The molecule has 2 heterocycles. The van der Waals surface area contributed by atoms with Gasteiger partial charge >= 0.3 is 11.9 Å². The molecular weight excluding hydrogens is 895 g/mol. The molecule has 0 amide bonds. The minimum absolute atomic E-state index is 0.0203. The summed E-state index contributed by atoms with van der Waals surface area (Å²) in [4.78, 5) is 31.4. The average molecular weight is 946 g/mol. The third-order valence-corrected chi connectivity index (χ3v) is 11.4. The molecule has 2 aliphatic heterocycles. The van der Waals surface area contributed by atoms with Crippen molar-refractivity contribution in [1.29, 1.82) is 0 Å². The Morgan fingerprint density at radius 1 is 0.646 bits per heavy atom. The lowest BCUT2D eigenvalue weighted by atomic mass is 9.91. The van der Waals surface area contributed by atoms with Gasteiger partial charge in [-0.05, 0) is 56.0 Å². The Balaban J connectivity index is 0.000000205. The fraction of sp³-hybridized carbons (Fsp3) is 0.275. The molecule has 4 N–H and O–H groups in total. The lowest BCUT2D eigenvalue weighted by molar-refractivity contribution is -0.244. The molecule has 65 heavy (non-hydrogen) atoms. The van der Waals surface area contributed by atoms with E-state index in [1.54, 1.807) is 48.5 Å². The van der Waals surface area contributed by atoms with Gasteiger partial charge in [-0.1, -0.05) is 150 Å². The Hall–Kier alpha value is -5.50. The lowest BCUT2D eigenvalue weighted by Gasteiger charge is -2.37. The number of hydrogen-bond donors (Lipinski definition) is 4. The van der Waals surface area contributed by atoms with Crippen LogP contribution < -0.4 is 4.74 Å². The van der Waals surface area contributed by atoms with Crippen molar-refractivity contribution >= 4 is 53.0 Å². The Kier molecular flexibility index (Phi) is 20.6. The van der Waals surface area contributed by atoms with Crippen LogP contribution in [0.3, 0.4) is 0 Å². The number of phenols is 1. The van der Waals surface area contributed by atoms with Gasteiger partial charge in [0.05, 0.1) is 28.9 Å². The second-order valence-electron chi connectivity index (χ2n) is 15.0. The monoisotopic (exact) mass is 944 g/mol. The zero-order valence-electron chi connectivity index (χ0n) is 35.3. The van der Waals surface area contributed by atoms with Gasteiger partial charge < -0.3 is 39.4 Å². The predicted molar refractivity (Wildman–Crippen MR) is 249 cm³/mol. The molecule has 0 aromatic heterocycles. The minimum atomic E-state index is -0.826. The van der Waals surface area contributed by atoms with E-state index in [1.807, 2.05) is 97.1 Å². The SMILES string of the molecule is O=C(O)CC/C=C\C[C@@H]1CO[C@H](c2ccccc2Cl)O[C@@H]1c1ccccc1O.O=C(O)CC/C=C\C[C@H](CO)C1OC(c2ccccc2Cl)Oc2ccccc21.O=Cc1ccccc1Cl. The number of aliphatic hydroxyl groups excluding tert-OH is 1. The molecule has 5 aromatic rings. The van der Waals surface area contributed by atoms with Crippen LogP contribution in [0.5, 0.6) is 11.5 Å². The van der Waals surface area contributed by atoms with Crippen molar-refractivity contribution in [1.82, 2.24) is 0 Å². The number of carbonyl (C=O) groups excluding carboxylic acids is 1. The number of aromatic hydroxyl groups is 1. The second-order valence-corrected chi connectivity index (χ2v) is 16.2. The maximum atomic E-state index is 10.6. The number of para-hydroxylation sites is 2. The molecule has 11 nitrogen and oxygen atoms in total. The number of benzene rings is 5. The van der Waals surface area contributed by atoms with Gasteiger partial charge in [-0.3, -0.25) is 14.4 Å². The van der Waals surface area contributed by atoms with Crippen LogP contribution in [0.1, 0.15) is 95.9 Å². The predicted octanol–water partition coefficient (Wildman–Crippen LogP) is 12.3. The first-order chi connectivity index (χ1) is 31.5. The smallest absolute Gasteiger partial charge is 0.303 e. The minimum Gasteiger partial charge on any atom is -0.508 e. The molecule has 0 radical (unpaired) electrons. The summed E-state index contributed by atoms with van der Waals surface area (Å²) >= 11 is 18.2. The molecule has 1 fully saturated rings. The summed E-state index contributed by atoms with van der Waals surface area (Å²) in [5.41, 5.74) is 3.60. The van der Waals surface area contributed by atoms with Crippen molar-refractivity contribution in [3.05, 3.63) is 189 Å². The summed E-state index contributed by atoms with van der Waals surface area (Å²) in [6.07, 6.45) is 8.57. The Morgan fingerprint density at radius 3 is 1.75 bits per heavy atom. The zero-order valence-corrected chi connectivity index (χ0v) is 37.6. The number of fused-ring (bicyclic) bond motifs is 1. The topological polar surface area (TPSA) is 169 Å². The van der Waals surface area contributed by atoms with E-state index in [2.05, 4.69) is 0 Å². The molecule has 14 heteroatoms. The number of rotatable bonds is 16. The van der Waals surface area contributed by atoms with Crippen LogP contribution in [0, 0.1) is 11.8 Å². The number of aliphatic carboxylic acids is 2. The number of aliphatic hydroxyl groups is 1. The van der Waals surface area contributed by atoms with E-state index in [9.17, 15) is 24.6 Å². The zero-order chi connectivity index (χ0) is 46.6. The number of halogens is 3. The summed E-state index contributed by atoms with van der Waals surface area (Å²) in [6, 6.07) is 36.4. The van der Waals surface area contributed by atoms with Gasteiger partial charge in [-0.2, -0.15) is 0 Å². The molecule has 1 saturated heterocycles. The van der Waals surface area contributed by atoms with Gasteiger partial charge in [0.25, 0.3) is 0 Å². The fourth-order valence-electron chi connectivity index (χ4n) is 7.05. The molecule has 2 aliphatic rings. The highest BCUT2D eigenvalue weighted by molar-refractivity contribution is 6.33. The van der Waals surface area contributed by atoms with Gasteiger partial charge in [-0.15, -0.1) is 0 Å². The van der Waals surface area contributed by atoms with Crippen LogP contribution in [0.25, 0.3) is 0 Å². The third-order valence-electron chi connectivity index (χ3n) is 10.4. The number of carboxylic acid groups (broad SMARTS) is 2. The number of carbonyl (C=O) groups is 3. The molecule has 6 atom stereocenters. The van der Waals surface area contributed by atoms with E-state index >= 15 is 0 Å². The van der Waals surface area contributed by atoms with Crippen molar-refractivity contribution in [3.63, 3.8) is 0 Å². The largest absolute Gasteiger partial charge is 0.508 e. The summed E-state index contributed by atoms with van der Waals surface area (Å²) in [7, 11) is 0. The van der Waals surface area contributed by atoms with E-state index in [4.69, 9.17) is 64.0 Å². The van der Waals surface area contributed by atoms with E-state index in [1.165, 1.54) is 0 Å². The molecule has 2 unspecified atom stereocenters. The van der Waals surface area contributed by atoms with Crippen molar-refractivity contribution < 1.29 is 53.8 Å². The van der Waals surface area contributed by atoms with Gasteiger partial charge in [0.2, 0.25) is 6.29 Å². The van der Waals surface area contributed by atoms with Crippen molar-refractivity contribution in [2.45, 2.75) is 63.3 Å². The molecule has 5 aromatic carbocycles. The van der Waals surface area contributed by atoms with Gasteiger partial charge in [0.1, 0.15) is 11.5 Å². The maximum absolute atomic E-state index is 10.6. The van der Waals surface area contributed by atoms with E-state index in [0.29, 0.717) is 64.2 Å². The van der Waals surface area contributed by atoms with Gasteiger partial charge in [-0.25, -0.2) is 0 Å². The lowest BCUT2D eigenvalue weighted by Crippen LogP contribution is -2.30. The Morgan fingerprint density at radius 2 is 1.18 bits per heavy atom. The van der Waals surface area contributed by atoms with Crippen molar-refractivity contribution in [2.24, 2.45) is 11.8 Å². The number of ether oxygens (including phenoxy) is 4. The number of phenolic OH excluding ortho intramolecular Hbond substituents is 1. The first-order valence-electron chi connectivity index (χ1n) is 21.0. The summed E-state index contributed by atoms with van der Waals surface area (Å²) in [5.74, 6) is -0.982. The number of aldehydes is 1. The summed E-state index contributed by atoms with van der Waals surface area (Å²) in [6.45, 7) is 0.357. The highest BCUT2D eigenvalue weighted by atomic mass is 35.5. The van der Waals surface area contributed by atoms with Crippen LogP contribution in [0.2, 0.25) is 15.1 Å². The number of hydrogen-bond acceptors (Lipinski definition) is 9. The molecule has 7 rings (SSSR count). The molecule has 0 bridgehead atoms.